The highest BCUT2D eigenvalue weighted by Gasteiger charge is 2.22. The van der Waals surface area contributed by atoms with Crippen molar-refractivity contribution in [3.8, 4) is 5.75 Å². The zero-order chi connectivity index (χ0) is 14.0. The standard InChI is InChI=1S/C12H18FNO3S/c1-12(2,3)8-14-18(15,16)11-7-9(13)5-6-10(11)17-4/h5-7,14H,8H2,1-4H3. The largest absolute Gasteiger partial charge is 0.495 e. The lowest BCUT2D eigenvalue weighted by Gasteiger charge is -2.19. The molecule has 0 aliphatic rings. The lowest BCUT2D eigenvalue weighted by molar-refractivity contribution is 0.395. The van der Waals surface area contributed by atoms with Crippen molar-refractivity contribution in [1.82, 2.24) is 4.72 Å². The molecule has 0 aliphatic carbocycles. The summed E-state index contributed by atoms with van der Waals surface area (Å²) in [6, 6.07) is 3.40. The molecule has 0 saturated carbocycles. The fourth-order valence-electron chi connectivity index (χ4n) is 1.25. The van der Waals surface area contributed by atoms with Gasteiger partial charge in [-0.05, 0) is 23.6 Å². The molecule has 4 nitrogen and oxygen atoms in total. The van der Waals surface area contributed by atoms with Crippen molar-refractivity contribution in [3.05, 3.63) is 24.0 Å². The number of methoxy groups -OCH3 is 1. The molecule has 0 bridgehead atoms. The van der Waals surface area contributed by atoms with Gasteiger partial charge in [-0.3, -0.25) is 0 Å². The van der Waals surface area contributed by atoms with Gasteiger partial charge >= 0.3 is 0 Å². The fourth-order valence-corrected chi connectivity index (χ4v) is 2.71. The summed E-state index contributed by atoms with van der Waals surface area (Å²) >= 11 is 0. The first kappa shape index (κ1) is 14.9. The van der Waals surface area contributed by atoms with Crippen LogP contribution in [-0.4, -0.2) is 22.1 Å². The summed E-state index contributed by atoms with van der Waals surface area (Å²) in [4.78, 5) is -0.186. The summed E-state index contributed by atoms with van der Waals surface area (Å²) in [5.41, 5.74) is -0.201. The number of hydrogen-bond donors (Lipinski definition) is 1. The van der Waals surface area contributed by atoms with Crippen molar-refractivity contribution in [1.29, 1.82) is 0 Å². The van der Waals surface area contributed by atoms with Crippen molar-refractivity contribution in [2.75, 3.05) is 13.7 Å². The second kappa shape index (κ2) is 5.24. The van der Waals surface area contributed by atoms with Crippen LogP contribution in [0.3, 0.4) is 0 Å². The number of halogens is 1. The van der Waals surface area contributed by atoms with E-state index in [-0.39, 0.29) is 22.6 Å². The molecule has 1 aromatic rings. The highest BCUT2D eigenvalue weighted by molar-refractivity contribution is 7.89. The molecule has 0 atom stereocenters. The van der Waals surface area contributed by atoms with Gasteiger partial charge in [-0.2, -0.15) is 0 Å². The van der Waals surface area contributed by atoms with E-state index < -0.39 is 15.8 Å². The van der Waals surface area contributed by atoms with Gasteiger partial charge in [0.1, 0.15) is 16.5 Å². The maximum Gasteiger partial charge on any atom is 0.244 e. The molecule has 0 spiro atoms. The third kappa shape index (κ3) is 3.96. The SMILES string of the molecule is COc1ccc(F)cc1S(=O)(=O)NCC(C)(C)C. The molecule has 0 unspecified atom stereocenters. The fraction of sp³-hybridized carbons (Fsp3) is 0.500. The molecule has 102 valence electrons. The Morgan fingerprint density at radius 1 is 1.33 bits per heavy atom. The summed E-state index contributed by atoms with van der Waals surface area (Å²) in [7, 11) is -2.43. The quantitative estimate of drug-likeness (QED) is 0.916. The van der Waals surface area contributed by atoms with Crippen LogP contribution >= 0.6 is 0 Å². The molecular formula is C12H18FNO3S. The smallest absolute Gasteiger partial charge is 0.244 e. The average molecular weight is 275 g/mol. The van der Waals surface area contributed by atoms with Crippen molar-refractivity contribution < 1.29 is 17.5 Å². The Hall–Kier alpha value is -1.14. The third-order valence-corrected chi connectivity index (χ3v) is 3.63. The Balaban J connectivity index is 3.08. The Labute approximate surface area is 107 Å². The molecule has 1 rings (SSSR count). The first-order chi connectivity index (χ1) is 8.15. The molecule has 0 radical (unpaired) electrons. The molecule has 1 N–H and O–H groups in total. The van der Waals surface area contributed by atoms with Gasteiger partial charge in [0, 0.05) is 6.54 Å². The molecule has 0 amide bonds. The van der Waals surface area contributed by atoms with Crippen molar-refractivity contribution in [3.63, 3.8) is 0 Å². The molecule has 6 heteroatoms. The summed E-state index contributed by atoms with van der Waals surface area (Å²) in [5.74, 6) is -0.496. The number of nitrogens with one attached hydrogen (secondary N) is 1. The van der Waals surface area contributed by atoms with Crippen LogP contribution < -0.4 is 9.46 Å². The minimum Gasteiger partial charge on any atom is -0.495 e. The van der Waals surface area contributed by atoms with Crippen LogP contribution in [0.5, 0.6) is 5.75 Å². The van der Waals surface area contributed by atoms with Crippen molar-refractivity contribution in [2.24, 2.45) is 5.41 Å². The van der Waals surface area contributed by atoms with E-state index in [1.165, 1.54) is 13.2 Å². The first-order valence-electron chi connectivity index (χ1n) is 5.49. The zero-order valence-corrected chi connectivity index (χ0v) is 11.8. The van der Waals surface area contributed by atoms with Gasteiger partial charge in [0.25, 0.3) is 0 Å². The monoisotopic (exact) mass is 275 g/mol. The van der Waals surface area contributed by atoms with E-state index in [9.17, 15) is 12.8 Å². The van der Waals surface area contributed by atoms with Gasteiger partial charge in [-0.25, -0.2) is 17.5 Å². The van der Waals surface area contributed by atoms with Gasteiger partial charge in [-0.1, -0.05) is 20.8 Å². The van der Waals surface area contributed by atoms with E-state index in [2.05, 4.69) is 4.72 Å². The van der Waals surface area contributed by atoms with E-state index in [0.717, 1.165) is 12.1 Å². The Bertz CT molecular complexity index is 521. The van der Waals surface area contributed by atoms with E-state index in [1.54, 1.807) is 0 Å². The van der Waals surface area contributed by atoms with Gasteiger partial charge in [0.05, 0.1) is 7.11 Å². The van der Waals surface area contributed by atoms with Gasteiger partial charge in [0.15, 0.2) is 0 Å². The van der Waals surface area contributed by atoms with Crippen LogP contribution in [0.25, 0.3) is 0 Å². The topological polar surface area (TPSA) is 55.4 Å². The molecule has 0 heterocycles. The lowest BCUT2D eigenvalue weighted by Crippen LogP contribution is -2.32. The lowest BCUT2D eigenvalue weighted by atomic mass is 9.98. The number of ether oxygens (including phenoxy) is 1. The summed E-state index contributed by atoms with van der Waals surface area (Å²) in [6.07, 6.45) is 0. The Morgan fingerprint density at radius 2 is 1.94 bits per heavy atom. The highest BCUT2D eigenvalue weighted by atomic mass is 32.2. The number of sulfonamides is 1. The molecular weight excluding hydrogens is 257 g/mol. The van der Waals surface area contributed by atoms with Crippen LogP contribution in [0.2, 0.25) is 0 Å². The van der Waals surface area contributed by atoms with E-state index in [4.69, 9.17) is 4.74 Å². The van der Waals surface area contributed by atoms with Gasteiger partial charge < -0.3 is 4.74 Å². The number of benzene rings is 1. The van der Waals surface area contributed by atoms with Crippen molar-refractivity contribution >= 4 is 10.0 Å². The molecule has 1 aromatic carbocycles. The maximum absolute atomic E-state index is 13.1. The second-order valence-electron chi connectivity index (χ2n) is 5.18. The maximum atomic E-state index is 13.1. The molecule has 0 aromatic heterocycles. The number of hydrogen-bond acceptors (Lipinski definition) is 3. The van der Waals surface area contributed by atoms with Crippen LogP contribution in [0, 0.1) is 11.2 Å². The number of rotatable bonds is 4. The first-order valence-corrected chi connectivity index (χ1v) is 6.97. The van der Waals surface area contributed by atoms with Crippen LogP contribution in [0.4, 0.5) is 4.39 Å². The Kier molecular flexibility index (Phi) is 4.34. The summed E-state index contributed by atoms with van der Waals surface area (Å²) in [5, 5.41) is 0. The van der Waals surface area contributed by atoms with Crippen molar-refractivity contribution in [2.45, 2.75) is 25.7 Å². The van der Waals surface area contributed by atoms with Gasteiger partial charge in [0.2, 0.25) is 10.0 Å². The molecule has 0 fully saturated rings. The predicted molar refractivity (Wildman–Crippen MR) is 67.6 cm³/mol. The predicted octanol–water partition coefficient (Wildman–Crippen LogP) is 2.16. The normalized spacial score (nSPS) is 12.5. The Morgan fingerprint density at radius 3 is 2.44 bits per heavy atom. The van der Waals surface area contributed by atoms with E-state index in [1.807, 2.05) is 20.8 Å². The van der Waals surface area contributed by atoms with E-state index >= 15 is 0 Å². The minimum atomic E-state index is -3.77. The van der Waals surface area contributed by atoms with Gasteiger partial charge in [-0.15, -0.1) is 0 Å². The van der Waals surface area contributed by atoms with Crippen LogP contribution in [-0.2, 0) is 10.0 Å². The average Bonchev–Trinajstić information content (AvgIpc) is 2.26. The second-order valence-corrected chi connectivity index (χ2v) is 6.92. The molecule has 0 saturated heterocycles. The van der Waals surface area contributed by atoms with Crippen LogP contribution in [0.15, 0.2) is 23.1 Å². The minimum absolute atomic E-state index is 0.123. The molecule has 0 aliphatic heterocycles. The van der Waals surface area contributed by atoms with Crippen LogP contribution in [0.1, 0.15) is 20.8 Å². The third-order valence-electron chi connectivity index (χ3n) is 2.21. The summed E-state index contributed by atoms with van der Waals surface area (Å²) < 4.78 is 44.6. The van der Waals surface area contributed by atoms with E-state index in [0.29, 0.717) is 0 Å². The highest BCUT2D eigenvalue weighted by Crippen LogP contribution is 2.24. The molecule has 18 heavy (non-hydrogen) atoms. The zero-order valence-electron chi connectivity index (χ0n) is 11.0. The summed E-state index contributed by atoms with van der Waals surface area (Å²) in [6.45, 7) is 5.96.